The van der Waals surface area contributed by atoms with Crippen LogP contribution in [0.25, 0.3) is 11.4 Å². The van der Waals surface area contributed by atoms with Crippen LogP contribution in [0.2, 0.25) is 0 Å². The summed E-state index contributed by atoms with van der Waals surface area (Å²) in [6, 6.07) is 16.3. The molecule has 2 aromatic heterocycles. The van der Waals surface area contributed by atoms with E-state index in [4.69, 9.17) is 0 Å². The number of aromatic nitrogens is 3. The number of hydrogen-bond donors (Lipinski definition) is 0. The molecule has 0 aliphatic heterocycles. The summed E-state index contributed by atoms with van der Waals surface area (Å²) in [5.74, 6) is 1.64. The van der Waals surface area contributed by atoms with Crippen molar-refractivity contribution in [3.8, 4) is 11.4 Å². The van der Waals surface area contributed by atoms with Gasteiger partial charge in [-0.1, -0.05) is 30.3 Å². The summed E-state index contributed by atoms with van der Waals surface area (Å²) < 4.78 is 0. The Morgan fingerprint density at radius 1 is 1.00 bits per heavy atom. The molecule has 0 fully saturated rings. The van der Waals surface area contributed by atoms with E-state index in [0.29, 0.717) is 0 Å². The van der Waals surface area contributed by atoms with Crippen molar-refractivity contribution in [2.24, 2.45) is 0 Å². The maximum Gasteiger partial charge on any atom is 0.162 e. The summed E-state index contributed by atoms with van der Waals surface area (Å²) in [6.07, 6.45) is 3.55. The summed E-state index contributed by atoms with van der Waals surface area (Å²) in [5.41, 5.74) is 3.21. The third-order valence-corrected chi connectivity index (χ3v) is 3.96. The molecule has 3 rings (SSSR count). The highest BCUT2D eigenvalue weighted by Crippen LogP contribution is 2.24. The first-order valence-electron chi connectivity index (χ1n) is 6.74. The highest BCUT2D eigenvalue weighted by molar-refractivity contribution is 7.98. The minimum absolute atomic E-state index is 0.735. The summed E-state index contributed by atoms with van der Waals surface area (Å²) in [6.45, 7) is 1.99. The Bertz CT molecular complexity index is 715. The Morgan fingerprint density at radius 3 is 2.62 bits per heavy atom. The second kappa shape index (κ2) is 6.50. The van der Waals surface area contributed by atoms with Gasteiger partial charge < -0.3 is 0 Å². The maximum absolute atomic E-state index is 4.63. The molecule has 3 nitrogen and oxygen atoms in total. The van der Waals surface area contributed by atoms with E-state index in [9.17, 15) is 0 Å². The molecule has 0 saturated carbocycles. The van der Waals surface area contributed by atoms with Crippen LogP contribution < -0.4 is 0 Å². The predicted molar refractivity (Wildman–Crippen MR) is 86.0 cm³/mol. The molecule has 3 aromatic rings. The summed E-state index contributed by atoms with van der Waals surface area (Å²) in [7, 11) is 0. The maximum atomic E-state index is 4.63. The van der Waals surface area contributed by atoms with Gasteiger partial charge in [0.15, 0.2) is 5.82 Å². The molecule has 0 spiro atoms. The largest absolute Gasteiger partial charge is 0.264 e. The van der Waals surface area contributed by atoms with E-state index in [1.54, 1.807) is 24.2 Å². The molecule has 0 bridgehead atoms. The zero-order valence-corrected chi connectivity index (χ0v) is 12.5. The van der Waals surface area contributed by atoms with Gasteiger partial charge in [0.2, 0.25) is 0 Å². The lowest BCUT2D eigenvalue weighted by molar-refractivity contribution is 1.01. The quantitative estimate of drug-likeness (QED) is 0.535. The zero-order valence-electron chi connectivity index (χ0n) is 11.7. The highest BCUT2D eigenvalue weighted by atomic mass is 32.2. The fourth-order valence-corrected chi connectivity index (χ4v) is 2.88. The summed E-state index contributed by atoms with van der Waals surface area (Å²) in [4.78, 5) is 13.3. The van der Waals surface area contributed by atoms with Crippen LogP contribution in [0.4, 0.5) is 0 Å². The first kappa shape index (κ1) is 13.8. The lowest BCUT2D eigenvalue weighted by atomic mass is 10.2. The second-order valence-corrected chi connectivity index (χ2v) is 5.68. The fourth-order valence-electron chi connectivity index (χ4n) is 1.97. The van der Waals surface area contributed by atoms with Crippen LogP contribution in [0, 0.1) is 6.92 Å². The first-order valence-corrected chi connectivity index (χ1v) is 7.72. The van der Waals surface area contributed by atoms with Crippen LogP contribution in [0.3, 0.4) is 0 Å². The lowest BCUT2D eigenvalue weighted by Gasteiger charge is -2.06. The van der Waals surface area contributed by atoms with Crippen LogP contribution >= 0.6 is 11.8 Å². The minimum Gasteiger partial charge on any atom is -0.264 e. The van der Waals surface area contributed by atoms with E-state index in [0.717, 1.165) is 27.9 Å². The molecule has 0 aliphatic rings. The van der Waals surface area contributed by atoms with E-state index in [-0.39, 0.29) is 0 Å². The normalized spacial score (nSPS) is 10.5. The second-order valence-electron chi connectivity index (χ2n) is 4.69. The van der Waals surface area contributed by atoms with Gasteiger partial charge in [-0.25, -0.2) is 9.97 Å². The smallest absolute Gasteiger partial charge is 0.162 e. The molecule has 4 heteroatoms. The molecule has 0 unspecified atom stereocenters. The number of benzene rings is 1. The van der Waals surface area contributed by atoms with Crippen molar-refractivity contribution < 1.29 is 0 Å². The van der Waals surface area contributed by atoms with Gasteiger partial charge in [0, 0.05) is 29.4 Å². The molecule has 104 valence electrons. The van der Waals surface area contributed by atoms with Gasteiger partial charge in [0.25, 0.3) is 0 Å². The SMILES string of the molecule is Cc1cc(SCc2ccccc2)nc(-c2cccnc2)n1. The van der Waals surface area contributed by atoms with E-state index >= 15 is 0 Å². The van der Waals surface area contributed by atoms with E-state index in [1.165, 1.54) is 5.56 Å². The molecule has 0 amide bonds. The Morgan fingerprint density at radius 2 is 1.86 bits per heavy atom. The molecule has 2 heterocycles. The molecule has 0 atom stereocenters. The van der Waals surface area contributed by atoms with Crippen molar-refractivity contribution >= 4 is 11.8 Å². The third kappa shape index (κ3) is 3.67. The van der Waals surface area contributed by atoms with Crippen LogP contribution in [-0.2, 0) is 5.75 Å². The van der Waals surface area contributed by atoms with Crippen LogP contribution in [-0.4, -0.2) is 15.0 Å². The van der Waals surface area contributed by atoms with Crippen molar-refractivity contribution in [2.45, 2.75) is 17.7 Å². The van der Waals surface area contributed by atoms with Crippen LogP contribution in [0.5, 0.6) is 0 Å². The number of pyridine rings is 1. The summed E-state index contributed by atoms with van der Waals surface area (Å²) in [5, 5.41) is 0.991. The Balaban J connectivity index is 1.82. The van der Waals surface area contributed by atoms with E-state index < -0.39 is 0 Å². The van der Waals surface area contributed by atoms with Gasteiger partial charge in [-0.05, 0) is 30.7 Å². The third-order valence-electron chi connectivity index (χ3n) is 2.98. The lowest BCUT2D eigenvalue weighted by Crippen LogP contribution is -1.94. The van der Waals surface area contributed by atoms with Gasteiger partial charge in [-0.2, -0.15) is 0 Å². The standard InChI is InChI=1S/C17H15N3S/c1-13-10-16(21-12-14-6-3-2-4-7-14)20-17(19-13)15-8-5-9-18-11-15/h2-11H,12H2,1H3. The summed E-state index contributed by atoms with van der Waals surface area (Å²) >= 11 is 1.72. The molecule has 0 N–H and O–H groups in total. The molecule has 0 aliphatic carbocycles. The van der Waals surface area contributed by atoms with E-state index in [2.05, 4.69) is 39.2 Å². The average Bonchev–Trinajstić information content (AvgIpc) is 2.54. The average molecular weight is 293 g/mol. The number of rotatable bonds is 4. The molecular formula is C17H15N3S. The number of nitrogens with zero attached hydrogens (tertiary/aromatic N) is 3. The van der Waals surface area contributed by atoms with Crippen molar-refractivity contribution in [1.82, 2.24) is 15.0 Å². The fraction of sp³-hybridized carbons (Fsp3) is 0.118. The number of thioether (sulfide) groups is 1. The van der Waals surface area contributed by atoms with Gasteiger partial charge in [-0.15, -0.1) is 11.8 Å². The van der Waals surface area contributed by atoms with Crippen molar-refractivity contribution in [1.29, 1.82) is 0 Å². The molecule has 0 saturated heterocycles. The van der Waals surface area contributed by atoms with Crippen LogP contribution in [0.1, 0.15) is 11.3 Å². The van der Waals surface area contributed by atoms with Gasteiger partial charge >= 0.3 is 0 Å². The van der Waals surface area contributed by atoms with Crippen molar-refractivity contribution in [3.63, 3.8) is 0 Å². The topological polar surface area (TPSA) is 38.7 Å². The number of aryl methyl sites for hydroxylation is 1. The molecule has 21 heavy (non-hydrogen) atoms. The predicted octanol–water partition coefficient (Wildman–Crippen LogP) is 4.14. The van der Waals surface area contributed by atoms with Crippen molar-refractivity contribution in [2.75, 3.05) is 0 Å². The molecule has 1 aromatic carbocycles. The monoisotopic (exact) mass is 293 g/mol. The van der Waals surface area contributed by atoms with Crippen LogP contribution in [0.15, 0.2) is 66.0 Å². The molecule has 0 radical (unpaired) electrons. The first-order chi connectivity index (χ1) is 10.3. The van der Waals surface area contributed by atoms with Gasteiger partial charge in [0.05, 0.1) is 0 Å². The highest BCUT2D eigenvalue weighted by Gasteiger charge is 2.06. The Kier molecular flexibility index (Phi) is 4.26. The molecular weight excluding hydrogens is 278 g/mol. The Labute approximate surface area is 128 Å². The minimum atomic E-state index is 0.735. The zero-order chi connectivity index (χ0) is 14.5. The Hall–Kier alpha value is -2.20. The van der Waals surface area contributed by atoms with Crippen molar-refractivity contribution in [3.05, 3.63) is 72.2 Å². The van der Waals surface area contributed by atoms with Gasteiger partial charge in [-0.3, -0.25) is 4.98 Å². The van der Waals surface area contributed by atoms with E-state index in [1.807, 2.05) is 31.2 Å². The van der Waals surface area contributed by atoms with Gasteiger partial charge in [0.1, 0.15) is 5.03 Å². The number of hydrogen-bond acceptors (Lipinski definition) is 4.